The standard InChI is InChI=1S/C16H16O4/c1-20-16(19,15(17)18)14(12-8-4-2-5-9-12)13-10-6-3-7-11-13/h2-11,14,19H,1H3,(H,17,18)/t16-/m0/s1. The van der Waals surface area contributed by atoms with E-state index in [1.54, 1.807) is 48.5 Å². The van der Waals surface area contributed by atoms with E-state index >= 15 is 0 Å². The van der Waals surface area contributed by atoms with Crippen molar-refractivity contribution < 1.29 is 19.7 Å². The van der Waals surface area contributed by atoms with Crippen LogP contribution in [0.5, 0.6) is 0 Å². The first kappa shape index (κ1) is 14.2. The van der Waals surface area contributed by atoms with Crippen LogP contribution in [-0.4, -0.2) is 29.1 Å². The Morgan fingerprint density at radius 3 is 1.70 bits per heavy atom. The number of carboxylic acids is 1. The molecular weight excluding hydrogens is 256 g/mol. The summed E-state index contributed by atoms with van der Waals surface area (Å²) >= 11 is 0. The van der Waals surface area contributed by atoms with Crippen LogP contribution in [0, 0.1) is 0 Å². The minimum Gasteiger partial charge on any atom is -0.477 e. The van der Waals surface area contributed by atoms with E-state index in [0.717, 1.165) is 0 Å². The Bertz CT molecular complexity index is 528. The average molecular weight is 272 g/mol. The quantitative estimate of drug-likeness (QED) is 0.819. The third kappa shape index (κ3) is 2.57. The second-order valence-electron chi connectivity index (χ2n) is 4.46. The van der Waals surface area contributed by atoms with Crippen LogP contribution >= 0.6 is 0 Å². The number of benzene rings is 2. The molecule has 2 rings (SSSR count). The molecule has 0 radical (unpaired) electrons. The van der Waals surface area contributed by atoms with Gasteiger partial charge in [0.05, 0.1) is 5.92 Å². The van der Waals surface area contributed by atoms with Crippen molar-refractivity contribution in [2.24, 2.45) is 0 Å². The van der Waals surface area contributed by atoms with Crippen molar-refractivity contribution in [3.8, 4) is 0 Å². The Morgan fingerprint density at radius 2 is 1.40 bits per heavy atom. The van der Waals surface area contributed by atoms with E-state index in [0.29, 0.717) is 11.1 Å². The maximum Gasteiger partial charge on any atom is 0.365 e. The average Bonchev–Trinajstić information content (AvgIpc) is 2.49. The summed E-state index contributed by atoms with van der Waals surface area (Å²) in [6, 6.07) is 17.9. The van der Waals surface area contributed by atoms with Crippen LogP contribution in [0.3, 0.4) is 0 Å². The van der Waals surface area contributed by atoms with E-state index in [1.807, 2.05) is 12.1 Å². The Morgan fingerprint density at radius 1 is 1.00 bits per heavy atom. The van der Waals surface area contributed by atoms with Gasteiger partial charge in [0.15, 0.2) is 0 Å². The lowest BCUT2D eigenvalue weighted by molar-refractivity contribution is -0.219. The number of rotatable bonds is 5. The highest BCUT2D eigenvalue weighted by Crippen LogP contribution is 2.35. The smallest absolute Gasteiger partial charge is 0.365 e. The van der Waals surface area contributed by atoms with Crippen LogP contribution in [0.4, 0.5) is 0 Å². The first-order valence-corrected chi connectivity index (χ1v) is 6.20. The van der Waals surface area contributed by atoms with Crippen molar-refractivity contribution in [2.75, 3.05) is 7.11 Å². The lowest BCUT2D eigenvalue weighted by Crippen LogP contribution is -2.46. The van der Waals surface area contributed by atoms with Gasteiger partial charge in [0.1, 0.15) is 0 Å². The molecular formula is C16H16O4. The van der Waals surface area contributed by atoms with Crippen LogP contribution in [0.2, 0.25) is 0 Å². The third-order valence-electron chi connectivity index (χ3n) is 3.27. The predicted molar refractivity (Wildman–Crippen MR) is 74.3 cm³/mol. The van der Waals surface area contributed by atoms with Crippen LogP contribution in [0.25, 0.3) is 0 Å². The van der Waals surface area contributed by atoms with Gasteiger partial charge in [0.25, 0.3) is 5.79 Å². The molecule has 0 aromatic heterocycles. The zero-order chi connectivity index (χ0) is 14.6. The summed E-state index contributed by atoms with van der Waals surface area (Å²) in [5.41, 5.74) is 1.34. The highest BCUT2D eigenvalue weighted by molar-refractivity contribution is 5.78. The van der Waals surface area contributed by atoms with Gasteiger partial charge in [-0.25, -0.2) is 4.79 Å². The summed E-state index contributed by atoms with van der Waals surface area (Å²) in [5, 5.41) is 19.8. The van der Waals surface area contributed by atoms with Crippen LogP contribution < -0.4 is 0 Å². The minimum absolute atomic E-state index is 0.672. The van der Waals surface area contributed by atoms with Gasteiger partial charge in [-0.1, -0.05) is 60.7 Å². The molecule has 0 amide bonds. The number of carboxylic acid groups (broad SMARTS) is 1. The number of methoxy groups -OCH3 is 1. The molecule has 4 heteroatoms. The number of carbonyl (C=O) groups is 1. The molecule has 2 aromatic carbocycles. The van der Waals surface area contributed by atoms with Gasteiger partial charge in [-0.05, 0) is 11.1 Å². The summed E-state index contributed by atoms with van der Waals surface area (Å²) in [4.78, 5) is 11.5. The maximum absolute atomic E-state index is 11.5. The van der Waals surface area contributed by atoms with Gasteiger partial charge in [-0.3, -0.25) is 0 Å². The molecule has 0 aliphatic heterocycles. The Balaban J connectivity index is 2.59. The summed E-state index contributed by atoms with van der Waals surface area (Å²) in [6.07, 6.45) is 0. The fraction of sp³-hybridized carbons (Fsp3) is 0.188. The lowest BCUT2D eigenvalue weighted by Gasteiger charge is -2.31. The third-order valence-corrected chi connectivity index (χ3v) is 3.27. The fourth-order valence-corrected chi connectivity index (χ4v) is 2.26. The van der Waals surface area contributed by atoms with Gasteiger partial charge in [0, 0.05) is 7.11 Å². The molecule has 0 aliphatic rings. The molecule has 4 nitrogen and oxygen atoms in total. The Labute approximate surface area is 117 Å². The largest absolute Gasteiger partial charge is 0.477 e. The van der Waals surface area contributed by atoms with Crippen molar-refractivity contribution in [2.45, 2.75) is 11.7 Å². The van der Waals surface area contributed by atoms with E-state index in [4.69, 9.17) is 4.74 Å². The summed E-state index contributed by atoms with van der Waals surface area (Å²) in [6.45, 7) is 0. The monoisotopic (exact) mass is 272 g/mol. The van der Waals surface area contributed by atoms with Crippen LogP contribution in [0.1, 0.15) is 17.0 Å². The molecule has 0 heterocycles. The van der Waals surface area contributed by atoms with Crippen LogP contribution in [-0.2, 0) is 9.53 Å². The first-order valence-electron chi connectivity index (χ1n) is 6.20. The second-order valence-corrected chi connectivity index (χ2v) is 4.46. The molecule has 0 aliphatic carbocycles. The molecule has 104 valence electrons. The van der Waals surface area contributed by atoms with Crippen LogP contribution in [0.15, 0.2) is 60.7 Å². The van der Waals surface area contributed by atoms with Gasteiger partial charge < -0.3 is 14.9 Å². The van der Waals surface area contributed by atoms with Crippen molar-refractivity contribution in [1.82, 2.24) is 0 Å². The summed E-state index contributed by atoms with van der Waals surface area (Å²) in [5.74, 6) is -4.55. The molecule has 0 spiro atoms. The summed E-state index contributed by atoms with van der Waals surface area (Å²) in [7, 11) is 1.19. The topological polar surface area (TPSA) is 66.8 Å². The van der Waals surface area contributed by atoms with Crippen molar-refractivity contribution in [3.63, 3.8) is 0 Å². The number of hydrogen-bond donors (Lipinski definition) is 2. The SMILES string of the molecule is CO[C@](O)(C(=O)O)C(c1ccccc1)c1ccccc1. The molecule has 0 saturated heterocycles. The van der Waals surface area contributed by atoms with Gasteiger partial charge in [-0.2, -0.15) is 0 Å². The molecule has 1 atom stereocenters. The number of aliphatic carboxylic acids is 1. The number of hydrogen-bond acceptors (Lipinski definition) is 3. The first-order chi connectivity index (χ1) is 9.59. The highest BCUT2D eigenvalue weighted by Gasteiger charge is 2.46. The predicted octanol–water partition coefficient (Wildman–Crippen LogP) is 2.24. The van der Waals surface area contributed by atoms with E-state index < -0.39 is 17.7 Å². The molecule has 2 N–H and O–H groups in total. The number of aliphatic hydroxyl groups is 1. The maximum atomic E-state index is 11.5. The summed E-state index contributed by atoms with van der Waals surface area (Å²) < 4.78 is 4.93. The van der Waals surface area contributed by atoms with Gasteiger partial charge in [0.2, 0.25) is 0 Å². The Hall–Kier alpha value is -2.17. The van der Waals surface area contributed by atoms with Crippen molar-refractivity contribution in [3.05, 3.63) is 71.8 Å². The van der Waals surface area contributed by atoms with E-state index in [1.165, 1.54) is 7.11 Å². The minimum atomic E-state index is -2.32. The zero-order valence-corrected chi connectivity index (χ0v) is 11.1. The van der Waals surface area contributed by atoms with Crippen molar-refractivity contribution in [1.29, 1.82) is 0 Å². The normalized spacial score (nSPS) is 13.9. The van der Waals surface area contributed by atoms with Gasteiger partial charge in [-0.15, -0.1) is 0 Å². The fourth-order valence-electron chi connectivity index (χ4n) is 2.26. The molecule has 0 fully saturated rings. The number of ether oxygens (including phenoxy) is 1. The molecule has 0 unspecified atom stereocenters. The Kier molecular flexibility index (Phi) is 4.17. The molecule has 0 saturated carbocycles. The van der Waals surface area contributed by atoms with Gasteiger partial charge >= 0.3 is 5.97 Å². The molecule has 2 aromatic rings. The van der Waals surface area contributed by atoms with E-state index in [2.05, 4.69) is 0 Å². The zero-order valence-electron chi connectivity index (χ0n) is 11.1. The van der Waals surface area contributed by atoms with E-state index in [9.17, 15) is 15.0 Å². The molecule has 20 heavy (non-hydrogen) atoms. The lowest BCUT2D eigenvalue weighted by atomic mass is 9.84. The second kappa shape index (κ2) is 5.86. The molecule has 0 bridgehead atoms. The highest BCUT2D eigenvalue weighted by atomic mass is 16.6. The van der Waals surface area contributed by atoms with Crippen molar-refractivity contribution >= 4 is 5.97 Å². The van der Waals surface area contributed by atoms with E-state index in [-0.39, 0.29) is 0 Å².